The second kappa shape index (κ2) is 7.47. The van der Waals surface area contributed by atoms with Crippen LogP contribution in [-0.4, -0.2) is 37.7 Å². The second-order valence-corrected chi connectivity index (χ2v) is 3.91. The van der Waals surface area contributed by atoms with Crippen LogP contribution in [0.5, 0.6) is 0 Å². The lowest BCUT2D eigenvalue weighted by atomic mass is 9.91. The Bertz CT molecular complexity index is 288. The van der Waals surface area contributed by atoms with Crippen LogP contribution in [0.3, 0.4) is 0 Å². The number of rotatable bonds is 7. The SMILES string of the molecule is C=CC(COC(C)=O)(COC(C)=O)COC(C)=O. The number of carbonyl (C=O) groups excluding carboxylic acids is 3. The zero-order chi connectivity index (χ0) is 14.2. The highest BCUT2D eigenvalue weighted by Gasteiger charge is 2.31. The van der Waals surface area contributed by atoms with Gasteiger partial charge in [0.2, 0.25) is 0 Å². The third-order valence-corrected chi connectivity index (χ3v) is 2.12. The lowest BCUT2D eigenvalue weighted by molar-refractivity contribution is -0.155. The summed E-state index contributed by atoms with van der Waals surface area (Å²) in [4.78, 5) is 32.4. The summed E-state index contributed by atoms with van der Waals surface area (Å²) >= 11 is 0. The van der Waals surface area contributed by atoms with Gasteiger partial charge in [-0.3, -0.25) is 14.4 Å². The van der Waals surface area contributed by atoms with E-state index in [4.69, 9.17) is 14.2 Å². The molecular formula is C12H18O6. The highest BCUT2D eigenvalue weighted by molar-refractivity contribution is 5.67. The van der Waals surface area contributed by atoms with Gasteiger partial charge in [-0.2, -0.15) is 0 Å². The van der Waals surface area contributed by atoms with Gasteiger partial charge < -0.3 is 14.2 Å². The fourth-order valence-corrected chi connectivity index (χ4v) is 1.04. The molecule has 0 aromatic heterocycles. The summed E-state index contributed by atoms with van der Waals surface area (Å²) in [6.45, 7) is 7.13. The van der Waals surface area contributed by atoms with Crippen molar-refractivity contribution in [3.63, 3.8) is 0 Å². The van der Waals surface area contributed by atoms with Crippen LogP contribution >= 0.6 is 0 Å². The fourth-order valence-electron chi connectivity index (χ4n) is 1.04. The van der Waals surface area contributed by atoms with Crippen LogP contribution in [0, 0.1) is 5.41 Å². The van der Waals surface area contributed by atoms with Crippen molar-refractivity contribution in [3.05, 3.63) is 12.7 Å². The summed E-state index contributed by atoms with van der Waals surface area (Å²) in [7, 11) is 0. The summed E-state index contributed by atoms with van der Waals surface area (Å²) in [6, 6.07) is 0. The predicted molar refractivity (Wildman–Crippen MR) is 62.5 cm³/mol. The zero-order valence-corrected chi connectivity index (χ0v) is 10.9. The van der Waals surface area contributed by atoms with Crippen LogP contribution in [0.2, 0.25) is 0 Å². The molecule has 0 bridgehead atoms. The van der Waals surface area contributed by atoms with E-state index in [0.717, 1.165) is 0 Å². The highest BCUT2D eigenvalue weighted by Crippen LogP contribution is 2.21. The van der Waals surface area contributed by atoms with E-state index in [1.54, 1.807) is 0 Å². The maximum atomic E-state index is 10.8. The van der Waals surface area contributed by atoms with Crippen molar-refractivity contribution in [1.29, 1.82) is 0 Å². The van der Waals surface area contributed by atoms with Gasteiger partial charge in [0.15, 0.2) is 0 Å². The molecule has 0 aliphatic carbocycles. The van der Waals surface area contributed by atoms with Crippen molar-refractivity contribution in [1.82, 2.24) is 0 Å². The standard InChI is InChI=1S/C12H18O6/c1-5-12(6-16-9(2)13,7-17-10(3)14)8-18-11(4)15/h5H,1,6-8H2,2-4H3. The van der Waals surface area contributed by atoms with E-state index in [2.05, 4.69) is 6.58 Å². The highest BCUT2D eigenvalue weighted by atomic mass is 16.6. The first-order valence-corrected chi connectivity index (χ1v) is 5.35. The topological polar surface area (TPSA) is 78.9 Å². The van der Waals surface area contributed by atoms with Crippen LogP contribution in [-0.2, 0) is 28.6 Å². The monoisotopic (exact) mass is 258 g/mol. The van der Waals surface area contributed by atoms with Crippen molar-refractivity contribution in [2.24, 2.45) is 5.41 Å². The predicted octanol–water partition coefficient (Wildman–Crippen LogP) is 0.848. The molecule has 0 spiro atoms. The van der Waals surface area contributed by atoms with Gasteiger partial charge >= 0.3 is 17.9 Å². The van der Waals surface area contributed by atoms with Gasteiger partial charge in [-0.15, -0.1) is 6.58 Å². The summed E-state index contributed by atoms with van der Waals surface area (Å²) in [5.74, 6) is -1.44. The quantitative estimate of drug-likeness (QED) is 0.382. The van der Waals surface area contributed by atoms with Gasteiger partial charge in [-0.25, -0.2) is 0 Å². The molecule has 0 fully saturated rings. The van der Waals surface area contributed by atoms with E-state index in [0.29, 0.717) is 0 Å². The normalized spacial score (nSPS) is 10.4. The van der Waals surface area contributed by atoms with Crippen LogP contribution in [0.4, 0.5) is 0 Å². The second-order valence-electron chi connectivity index (χ2n) is 3.91. The molecule has 0 amide bonds. The van der Waals surface area contributed by atoms with Crippen molar-refractivity contribution >= 4 is 17.9 Å². The molecule has 0 unspecified atom stereocenters. The Morgan fingerprint density at radius 1 is 0.889 bits per heavy atom. The van der Waals surface area contributed by atoms with Crippen LogP contribution < -0.4 is 0 Å². The van der Waals surface area contributed by atoms with Gasteiger partial charge in [-0.1, -0.05) is 6.08 Å². The van der Waals surface area contributed by atoms with Gasteiger partial charge in [0.25, 0.3) is 0 Å². The minimum Gasteiger partial charge on any atom is -0.465 e. The molecule has 0 aromatic carbocycles. The van der Waals surface area contributed by atoms with E-state index in [1.807, 2.05) is 0 Å². The molecule has 0 saturated heterocycles. The Morgan fingerprint density at radius 2 is 1.17 bits per heavy atom. The number of ether oxygens (including phenoxy) is 3. The number of carbonyl (C=O) groups is 3. The van der Waals surface area contributed by atoms with Crippen molar-refractivity contribution in [2.45, 2.75) is 20.8 Å². The van der Waals surface area contributed by atoms with E-state index in [-0.39, 0.29) is 19.8 Å². The average molecular weight is 258 g/mol. The summed E-state index contributed by atoms with van der Waals surface area (Å²) in [5.41, 5.74) is -0.928. The molecule has 0 aliphatic rings. The van der Waals surface area contributed by atoms with Crippen molar-refractivity contribution in [3.8, 4) is 0 Å². The van der Waals surface area contributed by atoms with E-state index in [9.17, 15) is 14.4 Å². The maximum Gasteiger partial charge on any atom is 0.302 e. The Labute approximate surface area is 106 Å². The Kier molecular flexibility index (Phi) is 6.70. The number of hydrogen-bond acceptors (Lipinski definition) is 6. The fraction of sp³-hybridized carbons (Fsp3) is 0.583. The summed E-state index contributed by atoms with van der Waals surface area (Å²) in [6.07, 6.45) is 1.45. The lowest BCUT2D eigenvalue weighted by Crippen LogP contribution is -2.37. The average Bonchev–Trinajstić information content (AvgIpc) is 2.28. The maximum absolute atomic E-state index is 10.8. The summed E-state index contributed by atoms with van der Waals surface area (Å²) < 4.78 is 14.6. The first kappa shape index (κ1) is 16.1. The largest absolute Gasteiger partial charge is 0.465 e. The van der Waals surface area contributed by atoms with Crippen molar-refractivity contribution < 1.29 is 28.6 Å². The molecule has 0 N–H and O–H groups in total. The third kappa shape index (κ3) is 6.67. The molecule has 102 valence electrons. The first-order valence-electron chi connectivity index (χ1n) is 5.35. The van der Waals surface area contributed by atoms with Gasteiger partial charge in [0.1, 0.15) is 19.8 Å². The van der Waals surface area contributed by atoms with E-state index >= 15 is 0 Å². The molecule has 6 heteroatoms. The molecule has 0 heterocycles. The van der Waals surface area contributed by atoms with Gasteiger partial charge in [-0.05, 0) is 0 Å². The molecular weight excluding hydrogens is 240 g/mol. The number of hydrogen-bond donors (Lipinski definition) is 0. The Morgan fingerprint density at radius 3 is 1.33 bits per heavy atom. The lowest BCUT2D eigenvalue weighted by Gasteiger charge is -2.28. The Hall–Kier alpha value is -1.85. The van der Waals surface area contributed by atoms with Crippen LogP contribution in [0.1, 0.15) is 20.8 Å². The molecule has 18 heavy (non-hydrogen) atoms. The minimum atomic E-state index is -0.928. The zero-order valence-electron chi connectivity index (χ0n) is 10.9. The molecule has 0 atom stereocenters. The Balaban J connectivity index is 4.69. The smallest absolute Gasteiger partial charge is 0.302 e. The molecule has 0 rings (SSSR count). The van der Waals surface area contributed by atoms with Gasteiger partial charge in [0.05, 0.1) is 5.41 Å². The van der Waals surface area contributed by atoms with Crippen molar-refractivity contribution in [2.75, 3.05) is 19.8 Å². The molecule has 0 radical (unpaired) electrons. The van der Waals surface area contributed by atoms with Crippen LogP contribution in [0.15, 0.2) is 12.7 Å². The molecule has 0 aromatic rings. The third-order valence-electron chi connectivity index (χ3n) is 2.12. The minimum absolute atomic E-state index is 0.0770. The molecule has 0 aliphatic heterocycles. The molecule has 6 nitrogen and oxygen atoms in total. The first-order chi connectivity index (χ1) is 8.31. The van der Waals surface area contributed by atoms with E-state index in [1.165, 1.54) is 26.8 Å². The molecule has 0 saturated carbocycles. The van der Waals surface area contributed by atoms with Gasteiger partial charge in [0, 0.05) is 20.8 Å². The van der Waals surface area contributed by atoms with E-state index < -0.39 is 23.3 Å². The summed E-state index contributed by atoms with van der Waals surface area (Å²) in [5, 5.41) is 0. The number of esters is 3. The van der Waals surface area contributed by atoms with Crippen LogP contribution in [0.25, 0.3) is 0 Å².